The van der Waals surface area contributed by atoms with Crippen molar-refractivity contribution in [3.8, 4) is 22.7 Å². The van der Waals surface area contributed by atoms with E-state index >= 15 is 0 Å². The number of methoxy groups -OCH3 is 1. The fraction of sp³-hybridized carbons (Fsp3) is 0.280. The van der Waals surface area contributed by atoms with Crippen molar-refractivity contribution in [2.45, 2.75) is 32.0 Å². The molecule has 0 radical (unpaired) electrons. The molecule has 1 atom stereocenters. The maximum Gasteiger partial charge on any atom is 0.406 e. The summed E-state index contributed by atoms with van der Waals surface area (Å²) in [6, 6.07) is 5.35. The van der Waals surface area contributed by atoms with Gasteiger partial charge in [0.25, 0.3) is 5.91 Å². The maximum absolute atomic E-state index is 14.5. The van der Waals surface area contributed by atoms with Crippen molar-refractivity contribution in [2.75, 3.05) is 18.6 Å². The molecule has 2 aromatic heterocycles. The van der Waals surface area contributed by atoms with Crippen LogP contribution >= 0.6 is 0 Å². The van der Waals surface area contributed by atoms with Crippen molar-refractivity contribution in [3.63, 3.8) is 0 Å². The maximum atomic E-state index is 14.5. The van der Waals surface area contributed by atoms with Crippen molar-refractivity contribution < 1.29 is 31.5 Å². The third-order valence-electron chi connectivity index (χ3n) is 6.28. The van der Waals surface area contributed by atoms with Gasteiger partial charge >= 0.3 is 6.18 Å². The average Bonchev–Trinajstić information content (AvgIpc) is 3.49. The van der Waals surface area contributed by atoms with Crippen LogP contribution in [0, 0.1) is 18.6 Å². The molecule has 198 valence electrons. The largest absolute Gasteiger partial charge is 0.495 e. The van der Waals surface area contributed by atoms with Crippen LogP contribution < -0.4 is 9.64 Å². The Labute approximate surface area is 213 Å². The van der Waals surface area contributed by atoms with E-state index in [9.17, 15) is 26.7 Å². The topological polar surface area (TPSA) is 78.1 Å². The van der Waals surface area contributed by atoms with Crippen molar-refractivity contribution in [3.05, 3.63) is 71.9 Å². The minimum atomic E-state index is -4.80. The van der Waals surface area contributed by atoms with E-state index in [4.69, 9.17) is 4.74 Å². The zero-order valence-electron chi connectivity index (χ0n) is 20.2. The number of alkyl halides is 3. The third kappa shape index (κ3) is 4.83. The summed E-state index contributed by atoms with van der Waals surface area (Å²) in [7, 11) is 1.50. The van der Waals surface area contributed by atoms with Crippen molar-refractivity contribution in [2.24, 2.45) is 0 Å². The van der Waals surface area contributed by atoms with Crippen LogP contribution in [0.4, 0.5) is 27.6 Å². The summed E-state index contributed by atoms with van der Waals surface area (Å²) in [6.07, 6.45) is -0.0750. The molecule has 0 bridgehead atoms. The SMILES string of the molecule is COc1cc(-c2cn([C@@H]3CCc4c(F)cc(F)cc4N(CC(F)(F)F)C3=O)nn2)ccc1-n1cnc(C)c1. The summed E-state index contributed by atoms with van der Waals surface area (Å²) >= 11 is 0. The number of aromatic nitrogens is 5. The lowest BCUT2D eigenvalue weighted by Crippen LogP contribution is -2.42. The lowest BCUT2D eigenvalue weighted by atomic mass is 10.0. The molecule has 1 amide bonds. The van der Waals surface area contributed by atoms with Crippen molar-refractivity contribution in [1.29, 1.82) is 0 Å². The van der Waals surface area contributed by atoms with Crippen LogP contribution in [-0.2, 0) is 11.2 Å². The molecule has 38 heavy (non-hydrogen) atoms. The van der Waals surface area contributed by atoms with Crippen LogP contribution in [0.1, 0.15) is 23.7 Å². The molecule has 1 aliphatic rings. The number of amides is 1. The van der Waals surface area contributed by atoms with Gasteiger partial charge in [0.05, 0.1) is 36.7 Å². The van der Waals surface area contributed by atoms with Crippen LogP contribution in [0.3, 0.4) is 0 Å². The van der Waals surface area contributed by atoms with Crippen molar-refractivity contribution >= 4 is 11.6 Å². The normalized spacial score (nSPS) is 15.9. The lowest BCUT2D eigenvalue weighted by Gasteiger charge is -2.26. The summed E-state index contributed by atoms with van der Waals surface area (Å²) < 4.78 is 77.1. The van der Waals surface area contributed by atoms with E-state index < -0.39 is 42.0 Å². The summed E-state index contributed by atoms with van der Waals surface area (Å²) in [6.45, 7) is 0.149. The van der Waals surface area contributed by atoms with Crippen LogP contribution in [-0.4, -0.2) is 50.3 Å². The quantitative estimate of drug-likeness (QED) is 0.345. The van der Waals surface area contributed by atoms with Crippen LogP contribution in [0.15, 0.2) is 49.1 Å². The first-order chi connectivity index (χ1) is 18.0. The highest BCUT2D eigenvalue weighted by molar-refractivity contribution is 5.97. The summed E-state index contributed by atoms with van der Waals surface area (Å²) in [5, 5.41) is 8.10. The average molecular weight is 532 g/mol. The molecule has 0 aliphatic carbocycles. The van der Waals surface area contributed by atoms with Gasteiger partial charge in [-0.15, -0.1) is 5.10 Å². The number of nitrogens with zero attached hydrogens (tertiary/aromatic N) is 6. The Morgan fingerprint density at radius 1 is 1.11 bits per heavy atom. The predicted molar refractivity (Wildman–Crippen MR) is 126 cm³/mol. The van der Waals surface area contributed by atoms with E-state index in [1.807, 2.05) is 13.1 Å². The standard InChI is InChI=1S/C25H21F5N6O2/c1-14-10-34(13-31-14)20-5-3-15(7-23(20)38-2)19-11-36(33-32-19)21-6-4-17-18(27)8-16(26)9-22(17)35(24(21)37)12-25(28,29)30/h3,5,7-11,13,21H,4,6,12H2,1-2H3/t21-/m1/s1. The zero-order valence-corrected chi connectivity index (χ0v) is 20.2. The molecule has 0 fully saturated rings. The summed E-state index contributed by atoms with van der Waals surface area (Å²) in [4.78, 5) is 17.9. The van der Waals surface area contributed by atoms with Gasteiger partial charge in [0.2, 0.25) is 0 Å². The highest BCUT2D eigenvalue weighted by atomic mass is 19.4. The van der Waals surface area contributed by atoms with Gasteiger partial charge in [-0.2, -0.15) is 13.2 Å². The van der Waals surface area contributed by atoms with Gasteiger partial charge in [-0.25, -0.2) is 18.4 Å². The van der Waals surface area contributed by atoms with Gasteiger partial charge in [-0.1, -0.05) is 11.3 Å². The lowest BCUT2D eigenvalue weighted by molar-refractivity contribution is -0.134. The van der Waals surface area contributed by atoms with Crippen LogP contribution in [0.5, 0.6) is 5.75 Å². The fourth-order valence-corrected chi connectivity index (χ4v) is 4.53. The van der Waals surface area contributed by atoms with Gasteiger partial charge in [-0.05, 0) is 38.0 Å². The predicted octanol–water partition coefficient (Wildman–Crippen LogP) is 4.81. The van der Waals surface area contributed by atoms with Gasteiger partial charge in [0, 0.05) is 23.4 Å². The Bertz CT molecular complexity index is 1510. The minimum absolute atomic E-state index is 0.0617. The number of benzene rings is 2. The van der Waals surface area contributed by atoms with E-state index in [0.717, 1.165) is 22.1 Å². The highest BCUT2D eigenvalue weighted by Crippen LogP contribution is 2.36. The Morgan fingerprint density at radius 2 is 1.89 bits per heavy atom. The number of rotatable bonds is 5. The number of anilines is 1. The first-order valence-electron chi connectivity index (χ1n) is 11.5. The molecule has 0 N–H and O–H groups in total. The Balaban J connectivity index is 1.49. The Kier molecular flexibility index (Phi) is 6.37. The molecule has 0 spiro atoms. The zero-order chi connectivity index (χ0) is 27.2. The highest BCUT2D eigenvalue weighted by Gasteiger charge is 2.40. The van der Waals surface area contributed by atoms with E-state index in [0.29, 0.717) is 28.0 Å². The number of imidazole rings is 1. The molecule has 4 aromatic rings. The second kappa shape index (κ2) is 9.54. The third-order valence-corrected chi connectivity index (χ3v) is 6.28. The number of carbonyl (C=O) groups is 1. The molecule has 0 unspecified atom stereocenters. The first-order valence-corrected chi connectivity index (χ1v) is 11.5. The Morgan fingerprint density at radius 3 is 2.58 bits per heavy atom. The fourth-order valence-electron chi connectivity index (χ4n) is 4.53. The number of halogens is 5. The molecule has 8 nitrogen and oxygen atoms in total. The van der Waals surface area contributed by atoms with E-state index in [-0.39, 0.29) is 18.4 Å². The van der Waals surface area contributed by atoms with E-state index in [1.54, 1.807) is 29.1 Å². The van der Waals surface area contributed by atoms with E-state index in [2.05, 4.69) is 15.3 Å². The van der Waals surface area contributed by atoms with Gasteiger partial charge in [0.1, 0.15) is 35.7 Å². The number of ether oxygens (including phenoxy) is 1. The molecule has 0 saturated carbocycles. The number of hydrogen-bond acceptors (Lipinski definition) is 5. The first kappa shape index (κ1) is 25.4. The number of aryl methyl sites for hydroxylation is 1. The number of fused-ring (bicyclic) bond motifs is 1. The van der Waals surface area contributed by atoms with Gasteiger partial charge < -0.3 is 14.2 Å². The molecule has 1 aliphatic heterocycles. The molecule has 3 heterocycles. The molecule has 2 aromatic carbocycles. The monoisotopic (exact) mass is 532 g/mol. The molecular weight excluding hydrogens is 511 g/mol. The van der Waals surface area contributed by atoms with Crippen LogP contribution in [0.2, 0.25) is 0 Å². The molecule has 13 heteroatoms. The molecule has 0 saturated heterocycles. The van der Waals surface area contributed by atoms with Crippen molar-refractivity contribution in [1.82, 2.24) is 24.5 Å². The summed E-state index contributed by atoms with van der Waals surface area (Å²) in [5.41, 5.74) is 1.85. The second-order valence-corrected chi connectivity index (χ2v) is 8.87. The molecule has 5 rings (SSSR count). The smallest absolute Gasteiger partial charge is 0.406 e. The number of hydrogen-bond donors (Lipinski definition) is 0. The minimum Gasteiger partial charge on any atom is -0.495 e. The van der Waals surface area contributed by atoms with E-state index in [1.165, 1.54) is 13.3 Å². The number of carbonyl (C=O) groups excluding carboxylic acids is 1. The molecular formula is C25H21F5N6O2. The Hall–Kier alpha value is -4.29. The summed E-state index contributed by atoms with van der Waals surface area (Å²) in [5.74, 6) is -2.58. The van der Waals surface area contributed by atoms with Gasteiger partial charge in [-0.3, -0.25) is 4.79 Å². The second-order valence-electron chi connectivity index (χ2n) is 8.87. The van der Waals surface area contributed by atoms with Gasteiger partial charge in [0.15, 0.2) is 0 Å². The van der Waals surface area contributed by atoms with Crippen LogP contribution in [0.25, 0.3) is 16.9 Å².